The van der Waals surface area contributed by atoms with Crippen LogP contribution in [0.15, 0.2) is 17.5 Å². The maximum absolute atomic E-state index is 10.3. The second-order valence-corrected chi connectivity index (χ2v) is 4.29. The molecule has 6 nitrogen and oxygen atoms in total. The van der Waals surface area contributed by atoms with E-state index in [0.29, 0.717) is 11.6 Å². The highest BCUT2D eigenvalue weighted by Gasteiger charge is 2.10. The molecule has 2 aromatic heterocycles. The molecule has 0 saturated carbocycles. The minimum Gasteiger partial charge on any atom is -0.480 e. The van der Waals surface area contributed by atoms with Gasteiger partial charge in [0.2, 0.25) is 0 Å². The van der Waals surface area contributed by atoms with Gasteiger partial charge < -0.3 is 9.84 Å². The Balaban J connectivity index is 2.06. The third-order valence-corrected chi connectivity index (χ3v) is 2.92. The molecule has 1 N–H and O–H groups in total. The highest BCUT2D eigenvalue weighted by atomic mass is 32.1. The number of carboxylic acids is 1. The first-order valence-corrected chi connectivity index (χ1v) is 5.78. The van der Waals surface area contributed by atoms with Crippen LogP contribution < -0.4 is 0 Å². The summed E-state index contributed by atoms with van der Waals surface area (Å²) in [6.45, 7) is -0.192. The van der Waals surface area contributed by atoms with Gasteiger partial charge in [0, 0.05) is 7.05 Å². The van der Waals surface area contributed by atoms with Crippen LogP contribution in [0.2, 0.25) is 0 Å². The molecule has 0 bridgehead atoms. The van der Waals surface area contributed by atoms with Gasteiger partial charge in [0.25, 0.3) is 0 Å². The van der Waals surface area contributed by atoms with Crippen LogP contribution in [0.4, 0.5) is 0 Å². The van der Waals surface area contributed by atoms with E-state index in [-0.39, 0.29) is 13.2 Å². The van der Waals surface area contributed by atoms with E-state index in [0.717, 1.165) is 4.88 Å². The Bertz CT molecular complexity index is 507. The van der Waals surface area contributed by atoms with Crippen molar-refractivity contribution in [2.75, 3.05) is 6.61 Å². The van der Waals surface area contributed by atoms with Crippen LogP contribution in [-0.2, 0) is 23.2 Å². The summed E-state index contributed by atoms with van der Waals surface area (Å²) >= 11 is 1.55. The normalized spacial score (nSPS) is 10.6. The molecule has 0 aliphatic heterocycles. The molecule has 0 atom stereocenters. The molecule has 17 heavy (non-hydrogen) atoms. The Kier molecular flexibility index (Phi) is 3.50. The van der Waals surface area contributed by atoms with Gasteiger partial charge in [0.15, 0.2) is 11.6 Å². The number of carboxylic acid groups (broad SMARTS) is 1. The molecular formula is C10H11N3O3S. The summed E-state index contributed by atoms with van der Waals surface area (Å²) in [5.74, 6) is 0.247. The minimum absolute atomic E-state index is 0.140. The molecule has 0 fully saturated rings. The molecule has 0 radical (unpaired) electrons. The predicted molar refractivity (Wildman–Crippen MR) is 61.6 cm³/mol. The first-order chi connectivity index (χ1) is 8.16. The molecule has 2 heterocycles. The molecule has 7 heteroatoms. The molecular weight excluding hydrogens is 242 g/mol. The lowest BCUT2D eigenvalue weighted by Gasteiger charge is -1.99. The predicted octanol–water partition coefficient (Wildman–Crippen LogP) is 1.14. The third-order valence-electron chi connectivity index (χ3n) is 2.05. The van der Waals surface area contributed by atoms with E-state index < -0.39 is 5.97 Å². The lowest BCUT2D eigenvalue weighted by Crippen LogP contribution is -2.09. The van der Waals surface area contributed by atoms with Crippen molar-refractivity contribution >= 4 is 17.3 Å². The van der Waals surface area contributed by atoms with E-state index in [1.165, 1.54) is 0 Å². The summed E-state index contributed by atoms with van der Waals surface area (Å²) in [4.78, 5) is 15.6. The zero-order valence-corrected chi connectivity index (χ0v) is 9.98. The maximum Gasteiger partial charge on any atom is 0.329 e. The summed E-state index contributed by atoms with van der Waals surface area (Å²) in [5.41, 5.74) is 0. The Morgan fingerprint density at radius 2 is 2.47 bits per heavy atom. The maximum atomic E-state index is 10.3. The van der Waals surface area contributed by atoms with Crippen LogP contribution in [0.25, 0.3) is 10.7 Å². The number of hydrogen-bond donors (Lipinski definition) is 1. The summed E-state index contributed by atoms with van der Waals surface area (Å²) < 4.78 is 6.57. The van der Waals surface area contributed by atoms with E-state index in [4.69, 9.17) is 9.84 Å². The first kappa shape index (κ1) is 11.7. The Hall–Kier alpha value is -1.73. The van der Waals surface area contributed by atoms with Gasteiger partial charge in [-0.25, -0.2) is 9.78 Å². The largest absolute Gasteiger partial charge is 0.480 e. The Morgan fingerprint density at radius 3 is 3.12 bits per heavy atom. The van der Waals surface area contributed by atoms with Crippen LogP contribution >= 0.6 is 11.3 Å². The van der Waals surface area contributed by atoms with Gasteiger partial charge in [-0.15, -0.1) is 11.3 Å². The van der Waals surface area contributed by atoms with Gasteiger partial charge in [-0.2, -0.15) is 5.10 Å². The minimum atomic E-state index is -0.995. The van der Waals surface area contributed by atoms with Crippen molar-refractivity contribution in [3.8, 4) is 10.7 Å². The molecule has 0 saturated heterocycles. The number of aromatic nitrogens is 3. The van der Waals surface area contributed by atoms with Crippen LogP contribution in [-0.4, -0.2) is 32.4 Å². The van der Waals surface area contributed by atoms with Gasteiger partial charge >= 0.3 is 5.97 Å². The van der Waals surface area contributed by atoms with Gasteiger partial charge in [0.1, 0.15) is 13.2 Å². The van der Waals surface area contributed by atoms with Crippen LogP contribution in [0, 0.1) is 0 Å². The average Bonchev–Trinajstić information content (AvgIpc) is 2.87. The first-order valence-electron chi connectivity index (χ1n) is 4.90. The molecule has 2 rings (SSSR count). The zero-order chi connectivity index (χ0) is 12.3. The van der Waals surface area contributed by atoms with E-state index in [1.54, 1.807) is 23.1 Å². The number of aryl methyl sites for hydroxylation is 1. The van der Waals surface area contributed by atoms with Gasteiger partial charge in [-0.05, 0) is 11.4 Å². The molecule has 90 valence electrons. The standard InChI is InChI=1S/C10H11N3O3S/c1-13-8(5-16-6-9(14)15)11-10(12-13)7-3-2-4-17-7/h2-4H,5-6H2,1H3,(H,14,15). The zero-order valence-electron chi connectivity index (χ0n) is 9.16. The summed E-state index contributed by atoms with van der Waals surface area (Å²) in [6, 6.07) is 3.86. The highest BCUT2D eigenvalue weighted by molar-refractivity contribution is 7.13. The number of carbonyl (C=O) groups is 1. The fourth-order valence-electron chi connectivity index (χ4n) is 1.28. The summed E-state index contributed by atoms with van der Waals surface area (Å²) in [5, 5.41) is 14.6. The molecule has 0 aliphatic carbocycles. The van der Waals surface area contributed by atoms with E-state index in [9.17, 15) is 4.79 Å². The SMILES string of the molecule is Cn1nc(-c2cccs2)nc1COCC(=O)O. The monoisotopic (exact) mass is 253 g/mol. The summed E-state index contributed by atoms with van der Waals surface area (Å²) in [7, 11) is 1.75. The lowest BCUT2D eigenvalue weighted by atomic mass is 10.4. The van der Waals surface area contributed by atoms with Crippen molar-refractivity contribution in [3.05, 3.63) is 23.3 Å². The van der Waals surface area contributed by atoms with Crippen LogP contribution in [0.1, 0.15) is 5.82 Å². The van der Waals surface area contributed by atoms with Crippen LogP contribution in [0.5, 0.6) is 0 Å². The number of nitrogens with zero attached hydrogens (tertiary/aromatic N) is 3. The van der Waals surface area contributed by atoms with Gasteiger partial charge in [-0.1, -0.05) is 6.07 Å². The molecule has 0 spiro atoms. The van der Waals surface area contributed by atoms with Gasteiger partial charge in [0.05, 0.1) is 4.88 Å². The fourth-order valence-corrected chi connectivity index (χ4v) is 1.94. The molecule has 2 aromatic rings. The smallest absolute Gasteiger partial charge is 0.329 e. The number of aliphatic carboxylic acids is 1. The highest BCUT2D eigenvalue weighted by Crippen LogP contribution is 2.21. The number of hydrogen-bond acceptors (Lipinski definition) is 5. The molecule has 0 aromatic carbocycles. The van der Waals surface area contributed by atoms with E-state index >= 15 is 0 Å². The molecule has 0 aliphatic rings. The van der Waals surface area contributed by atoms with Gasteiger partial charge in [-0.3, -0.25) is 4.68 Å². The van der Waals surface area contributed by atoms with Crippen molar-refractivity contribution in [1.82, 2.24) is 14.8 Å². The van der Waals surface area contributed by atoms with E-state index in [2.05, 4.69) is 10.1 Å². The topological polar surface area (TPSA) is 77.2 Å². The summed E-state index contributed by atoms with van der Waals surface area (Å²) in [6.07, 6.45) is 0. The van der Waals surface area contributed by atoms with Crippen LogP contribution in [0.3, 0.4) is 0 Å². The second kappa shape index (κ2) is 5.07. The lowest BCUT2D eigenvalue weighted by molar-refractivity contribution is -0.142. The molecule has 0 unspecified atom stereocenters. The average molecular weight is 253 g/mol. The van der Waals surface area contributed by atoms with Crippen molar-refractivity contribution < 1.29 is 14.6 Å². The molecule has 0 amide bonds. The van der Waals surface area contributed by atoms with Crippen molar-refractivity contribution in [2.24, 2.45) is 7.05 Å². The fraction of sp³-hybridized carbons (Fsp3) is 0.300. The second-order valence-electron chi connectivity index (χ2n) is 3.34. The van der Waals surface area contributed by atoms with Crippen molar-refractivity contribution in [3.63, 3.8) is 0 Å². The Labute approximate surface area is 101 Å². The third kappa shape index (κ3) is 2.89. The number of ether oxygens (including phenoxy) is 1. The number of thiophene rings is 1. The van der Waals surface area contributed by atoms with Crippen molar-refractivity contribution in [1.29, 1.82) is 0 Å². The van der Waals surface area contributed by atoms with E-state index in [1.807, 2.05) is 17.5 Å². The van der Waals surface area contributed by atoms with Crippen molar-refractivity contribution in [2.45, 2.75) is 6.61 Å². The quantitative estimate of drug-likeness (QED) is 0.864. The number of rotatable bonds is 5. The Morgan fingerprint density at radius 1 is 1.65 bits per heavy atom.